The third-order valence-electron chi connectivity index (χ3n) is 3.80. The Morgan fingerprint density at radius 2 is 1.77 bits per heavy atom. The summed E-state index contributed by atoms with van der Waals surface area (Å²) in [7, 11) is 0. The van der Waals surface area contributed by atoms with E-state index in [2.05, 4.69) is 25.5 Å². The summed E-state index contributed by atoms with van der Waals surface area (Å²) in [5, 5.41) is 5.82. The summed E-state index contributed by atoms with van der Waals surface area (Å²) in [6.45, 7) is 0. The molecular formula is C20H14ClN5. The van der Waals surface area contributed by atoms with Gasteiger partial charge in [-0.05, 0) is 30.3 Å². The van der Waals surface area contributed by atoms with E-state index in [1.54, 1.807) is 18.6 Å². The van der Waals surface area contributed by atoms with Gasteiger partial charge >= 0.3 is 0 Å². The zero-order chi connectivity index (χ0) is 17.8. The van der Waals surface area contributed by atoms with Crippen molar-refractivity contribution in [3.8, 4) is 11.4 Å². The molecule has 0 aliphatic rings. The number of hydrazone groups is 1. The standard InChI is InChI=1S/C20H14ClN5/c21-17-9-3-1-6-14(17)13-23-26-20-16-8-2-4-10-18(16)24-19(25-20)15-7-5-11-22-12-15/h1-13H,(H,24,25,26). The molecule has 4 rings (SSSR count). The Bertz CT molecular complexity index is 1080. The summed E-state index contributed by atoms with van der Waals surface area (Å²) in [6.07, 6.45) is 5.13. The van der Waals surface area contributed by atoms with Crippen molar-refractivity contribution in [3.05, 3.63) is 83.6 Å². The number of nitrogens with one attached hydrogen (secondary N) is 1. The summed E-state index contributed by atoms with van der Waals surface area (Å²) in [5.41, 5.74) is 5.51. The van der Waals surface area contributed by atoms with Gasteiger partial charge in [-0.15, -0.1) is 0 Å². The van der Waals surface area contributed by atoms with E-state index in [0.29, 0.717) is 16.7 Å². The van der Waals surface area contributed by atoms with Crippen LogP contribution >= 0.6 is 11.6 Å². The SMILES string of the molecule is Clc1ccccc1C=NNc1nc(-c2cccnc2)nc2ccccc12. The molecule has 0 saturated heterocycles. The van der Waals surface area contributed by atoms with Gasteiger partial charge in [-0.2, -0.15) is 5.10 Å². The van der Waals surface area contributed by atoms with Crippen LogP contribution in [0.1, 0.15) is 5.56 Å². The van der Waals surface area contributed by atoms with Crippen molar-refractivity contribution in [2.45, 2.75) is 0 Å². The van der Waals surface area contributed by atoms with Gasteiger partial charge in [0.2, 0.25) is 0 Å². The Morgan fingerprint density at radius 1 is 0.923 bits per heavy atom. The Labute approximate surface area is 155 Å². The third-order valence-corrected chi connectivity index (χ3v) is 4.15. The zero-order valence-electron chi connectivity index (χ0n) is 13.7. The van der Waals surface area contributed by atoms with Crippen molar-refractivity contribution in [3.63, 3.8) is 0 Å². The maximum atomic E-state index is 6.15. The van der Waals surface area contributed by atoms with Crippen LogP contribution in [0, 0.1) is 0 Å². The molecule has 2 aromatic heterocycles. The van der Waals surface area contributed by atoms with Gasteiger partial charge < -0.3 is 0 Å². The molecule has 0 unspecified atom stereocenters. The van der Waals surface area contributed by atoms with Gasteiger partial charge in [-0.3, -0.25) is 10.4 Å². The molecule has 6 heteroatoms. The van der Waals surface area contributed by atoms with Crippen LogP contribution in [0.4, 0.5) is 5.82 Å². The lowest BCUT2D eigenvalue weighted by molar-refractivity contribution is 1.18. The lowest BCUT2D eigenvalue weighted by Gasteiger charge is -2.08. The number of nitrogens with zero attached hydrogens (tertiary/aromatic N) is 4. The highest BCUT2D eigenvalue weighted by molar-refractivity contribution is 6.33. The number of rotatable bonds is 4. The topological polar surface area (TPSA) is 63.1 Å². The van der Waals surface area contributed by atoms with E-state index in [-0.39, 0.29) is 0 Å². The second-order valence-corrected chi connectivity index (χ2v) is 5.95. The first-order chi connectivity index (χ1) is 12.8. The summed E-state index contributed by atoms with van der Waals surface area (Å²) in [4.78, 5) is 13.4. The molecule has 0 atom stereocenters. The number of halogens is 1. The molecule has 0 aliphatic carbocycles. The van der Waals surface area contributed by atoms with E-state index < -0.39 is 0 Å². The molecule has 0 bridgehead atoms. The van der Waals surface area contributed by atoms with E-state index in [9.17, 15) is 0 Å². The van der Waals surface area contributed by atoms with Crippen LogP contribution in [-0.4, -0.2) is 21.2 Å². The molecule has 0 fully saturated rings. The monoisotopic (exact) mass is 359 g/mol. The van der Waals surface area contributed by atoms with Crippen molar-refractivity contribution < 1.29 is 0 Å². The number of fused-ring (bicyclic) bond motifs is 1. The van der Waals surface area contributed by atoms with Crippen LogP contribution < -0.4 is 5.43 Å². The van der Waals surface area contributed by atoms with Gasteiger partial charge in [0.25, 0.3) is 0 Å². The molecule has 0 spiro atoms. The first kappa shape index (κ1) is 16.2. The summed E-state index contributed by atoms with van der Waals surface area (Å²) in [5.74, 6) is 1.21. The number of hydrogen-bond acceptors (Lipinski definition) is 5. The molecule has 2 heterocycles. The molecule has 0 aliphatic heterocycles. The van der Waals surface area contributed by atoms with Crippen LogP contribution in [0.15, 0.2) is 78.2 Å². The number of benzene rings is 2. The largest absolute Gasteiger partial charge is 0.264 e. The van der Waals surface area contributed by atoms with Gasteiger partial charge in [0.05, 0.1) is 11.7 Å². The molecule has 0 amide bonds. The van der Waals surface area contributed by atoms with Gasteiger partial charge in [-0.25, -0.2) is 9.97 Å². The fraction of sp³-hybridized carbons (Fsp3) is 0. The Kier molecular flexibility index (Phi) is 4.53. The maximum Gasteiger partial charge on any atom is 0.163 e. The number of para-hydroxylation sites is 1. The zero-order valence-corrected chi connectivity index (χ0v) is 14.4. The highest BCUT2D eigenvalue weighted by Crippen LogP contribution is 2.24. The highest BCUT2D eigenvalue weighted by Gasteiger charge is 2.08. The van der Waals surface area contributed by atoms with E-state index >= 15 is 0 Å². The summed E-state index contributed by atoms with van der Waals surface area (Å²) >= 11 is 6.15. The van der Waals surface area contributed by atoms with E-state index in [4.69, 9.17) is 11.6 Å². The lowest BCUT2D eigenvalue weighted by atomic mass is 10.2. The minimum Gasteiger partial charge on any atom is -0.264 e. The summed E-state index contributed by atoms with van der Waals surface area (Å²) < 4.78 is 0. The summed E-state index contributed by atoms with van der Waals surface area (Å²) in [6, 6.07) is 19.1. The smallest absolute Gasteiger partial charge is 0.163 e. The van der Waals surface area contributed by atoms with Crippen LogP contribution in [-0.2, 0) is 0 Å². The second-order valence-electron chi connectivity index (χ2n) is 5.55. The molecule has 5 nitrogen and oxygen atoms in total. The molecule has 26 heavy (non-hydrogen) atoms. The number of pyridine rings is 1. The second kappa shape index (κ2) is 7.29. The van der Waals surface area contributed by atoms with Crippen molar-refractivity contribution in [1.82, 2.24) is 15.0 Å². The predicted octanol–water partition coefficient (Wildman–Crippen LogP) is 4.79. The normalized spacial score (nSPS) is 11.1. The number of aromatic nitrogens is 3. The predicted molar refractivity (Wildman–Crippen MR) is 105 cm³/mol. The Balaban J connectivity index is 1.73. The number of anilines is 1. The van der Waals surface area contributed by atoms with E-state index in [1.807, 2.05) is 60.7 Å². The maximum absolute atomic E-state index is 6.15. The molecule has 4 aromatic rings. The van der Waals surface area contributed by atoms with Gasteiger partial charge in [0.1, 0.15) is 0 Å². The third kappa shape index (κ3) is 3.38. The van der Waals surface area contributed by atoms with Crippen LogP contribution in [0.3, 0.4) is 0 Å². The van der Waals surface area contributed by atoms with Gasteiger partial charge in [0.15, 0.2) is 11.6 Å². The molecule has 0 radical (unpaired) electrons. The molecule has 1 N–H and O–H groups in total. The molecule has 2 aromatic carbocycles. The quantitative estimate of drug-likeness (QED) is 0.420. The van der Waals surface area contributed by atoms with Crippen molar-refractivity contribution in [2.75, 3.05) is 5.43 Å². The molecule has 126 valence electrons. The van der Waals surface area contributed by atoms with Crippen molar-refractivity contribution in [2.24, 2.45) is 5.10 Å². The molecule has 0 saturated carbocycles. The van der Waals surface area contributed by atoms with E-state index in [0.717, 1.165) is 22.0 Å². The fourth-order valence-electron chi connectivity index (χ4n) is 2.53. The van der Waals surface area contributed by atoms with Crippen LogP contribution in [0.2, 0.25) is 5.02 Å². The Morgan fingerprint density at radius 3 is 2.62 bits per heavy atom. The average Bonchev–Trinajstić information content (AvgIpc) is 2.70. The van der Waals surface area contributed by atoms with Crippen LogP contribution in [0.25, 0.3) is 22.3 Å². The lowest BCUT2D eigenvalue weighted by Crippen LogP contribution is -1.99. The van der Waals surface area contributed by atoms with E-state index in [1.165, 1.54) is 0 Å². The average molecular weight is 360 g/mol. The minimum absolute atomic E-state index is 0.590. The number of hydrogen-bond donors (Lipinski definition) is 1. The fourth-order valence-corrected chi connectivity index (χ4v) is 2.71. The van der Waals surface area contributed by atoms with Gasteiger partial charge in [-0.1, -0.05) is 41.9 Å². The van der Waals surface area contributed by atoms with Crippen LogP contribution in [0.5, 0.6) is 0 Å². The Hall–Kier alpha value is -3.31. The van der Waals surface area contributed by atoms with Crippen molar-refractivity contribution in [1.29, 1.82) is 0 Å². The first-order valence-corrected chi connectivity index (χ1v) is 8.40. The molecular weight excluding hydrogens is 346 g/mol. The van der Waals surface area contributed by atoms with Crippen molar-refractivity contribution >= 4 is 34.5 Å². The minimum atomic E-state index is 0.590. The first-order valence-electron chi connectivity index (χ1n) is 8.02. The highest BCUT2D eigenvalue weighted by atomic mass is 35.5. The van der Waals surface area contributed by atoms with Gasteiger partial charge in [0, 0.05) is 33.9 Å².